The van der Waals surface area contributed by atoms with Crippen LogP contribution in [0.1, 0.15) is 45.4 Å². The first-order chi connectivity index (χ1) is 15.1. The summed E-state index contributed by atoms with van der Waals surface area (Å²) in [6.07, 6.45) is 0.336. The number of likely N-dealkylation sites (tertiary alicyclic amines) is 1. The number of ether oxygens (including phenoxy) is 1. The van der Waals surface area contributed by atoms with E-state index in [2.05, 4.69) is 6.58 Å². The Balaban J connectivity index is 1.66. The molecule has 1 amide bonds. The van der Waals surface area contributed by atoms with Crippen LogP contribution in [0.2, 0.25) is 0 Å². The summed E-state index contributed by atoms with van der Waals surface area (Å²) in [7, 11) is 1.63. The van der Waals surface area contributed by atoms with Gasteiger partial charge in [0.05, 0.1) is 19.1 Å². The molecule has 0 saturated carbocycles. The number of ketones is 1. The van der Waals surface area contributed by atoms with Gasteiger partial charge in [0.1, 0.15) is 5.75 Å². The van der Waals surface area contributed by atoms with Gasteiger partial charge >= 0.3 is 0 Å². The lowest BCUT2D eigenvalue weighted by Crippen LogP contribution is -2.27. The fourth-order valence-electron chi connectivity index (χ4n) is 5.05. The standard InChI is InChI=1S/C27H23NO3/c1-17(18-8-4-3-5-9-18)28-26(19-12-14-20(31-2)15-13-19)23-16-24(29)21-10-6-7-11-22(21)25(23)27(28)30/h3-15,23,25-26H,1,16H2,2H3/t23-,25+,26+/m0/s1. The first-order valence-electron chi connectivity index (χ1n) is 10.4. The van der Waals surface area contributed by atoms with Gasteiger partial charge in [-0.15, -0.1) is 0 Å². The molecule has 0 bridgehead atoms. The molecule has 0 aromatic heterocycles. The maximum Gasteiger partial charge on any atom is 0.235 e. The lowest BCUT2D eigenvalue weighted by Gasteiger charge is -2.31. The molecule has 4 heteroatoms. The van der Waals surface area contributed by atoms with Gasteiger partial charge in [-0.3, -0.25) is 9.59 Å². The Kier molecular flexibility index (Phi) is 4.70. The summed E-state index contributed by atoms with van der Waals surface area (Å²) in [4.78, 5) is 28.7. The van der Waals surface area contributed by atoms with Gasteiger partial charge in [-0.25, -0.2) is 0 Å². The number of hydrogen-bond acceptors (Lipinski definition) is 3. The van der Waals surface area contributed by atoms with Crippen molar-refractivity contribution in [2.75, 3.05) is 7.11 Å². The summed E-state index contributed by atoms with van der Waals surface area (Å²) >= 11 is 0. The molecular weight excluding hydrogens is 386 g/mol. The molecule has 154 valence electrons. The minimum atomic E-state index is -0.360. The predicted octanol–water partition coefficient (Wildman–Crippen LogP) is 5.24. The second kappa shape index (κ2) is 7.55. The number of methoxy groups -OCH3 is 1. The SMILES string of the molecule is C=C(c1ccccc1)N1C(=O)[C@@H]2c3ccccc3C(=O)C[C@@H]2[C@H]1c1ccc(OC)cc1. The Morgan fingerprint density at radius 1 is 0.935 bits per heavy atom. The third-order valence-corrected chi connectivity index (χ3v) is 6.49. The largest absolute Gasteiger partial charge is 0.497 e. The van der Waals surface area contributed by atoms with Gasteiger partial charge in [0.25, 0.3) is 0 Å². The minimum absolute atomic E-state index is 0.000351. The fraction of sp³-hybridized carbons (Fsp3) is 0.185. The van der Waals surface area contributed by atoms with E-state index in [0.717, 1.165) is 22.4 Å². The molecule has 1 fully saturated rings. The second-order valence-electron chi connectivity index (χ2n) is 8.10. The van der Waals surface area contributed by atoms with Crippen LogP contribution in [0, 0.1) is 5.92 Å². The van der Waals surface area contributed by atoms with Crippen LogP contribution in [0.5, 0.6) is 5.75 Å². The number of nitrogens with zero attached hydrogens (tertiary/aromatic N) is 1. The van der Waals surface area contributed by atoms with Gasteiger partial charge in [-0.2, -0.15) is 0 Å². The summed E-state index contributed by atoms with van der Waals surface area (Å²) in [6, 6.07) is 24.7. The van der Waals surface area contributed by atoms with Crippen LogP contribution in [0.15, 0.2) is 85.4 Å². The van der Waals surface area contributed by atoms with Crippen molar-refractivity contribution in [3.8, 4) is 5.75 Å². The number of benzene rings is 3. The van der Waals surface area contributed by atoms with Crippen LogP contribution in [0.25, 0.3) is 5.70 Å². The van der Waals surface area contributed by atoms with E-state index in [1.807, 2.05) is 83.8 Å². The smallest absolute Gasteiger partial charge is 0.235 e. The molecule has 0 N–H and O–H groups in total. The van der Waals surface area contributed by atoms with Gasteiger partial charge in [-0.1, -0.05) is 73.3 Å². The topological polar surface area (TPSA) is 46.6 Å². The minimum Gasteiger partial charge on any atom is -0.497 e. The van der Waals surface area contributed by atoms with E-state index in [4.69, 9.17) is 4.74 Å². The van der Waals surface area contributed by atoms with Gasteiger partial charge in [-0.05, 0) is 28.8 Å². The van der Waals surface area contributed by atoms with Gasteiger partial charge in [0.2, 0.25) is 5.91 Å². The molecule has 2 aliphatic rings. The molecule has 1 saturated heterocycles. The molecule has 3 aromatic carbocycles. The van der Waals surface area contributed by atoms with Gasteiger partial charge in [0.15, 0.2) is 5.78 Å². The van der Waals surface area contributed by atoms with Crippen molar-refractivity contribution >= 4 is 17.4 Å². The van der Waals surface area contributed by atoms with Crippen molar-refractivity contribution in [3.63, 3.8) is 0 Å². The monoisotopic (exact) mass is 409 g/mol. The Morgan fingerprint density at radius 2 is 1.61 bits per heavy atom. The number of amides is 1. The van der Waals surface area contributed by atoms with E-state index in [1.54, 1.807) is 7.11 Å². The third kappa shape index (κ3) is 3.07. The third-order valence-electron chi connectivity index (χ3n) is 6.49. The Morgan fingerprint density at radius 3 is 2.32 bits per heavy atom. The van der Waals surface area contributed by atoms with Crippen molar-refractivity contribution < 1.29 is 14.3 Å². The van der Waals surface area contributed by atoms with E-state index in [1.165, 1.54) is 0 Å². The molecule has 3 aromatic rings. The Labute approximate surface area is 181 Å². The van der Waals surface area contributed by atoms with E-state index < -0.39 is 0 Å². The molecule has 0 radical (unpaired) electrons. The summed E-state index contributed by atoms with van der Waals surface area (Å²) in [5.74, 6) is 0.336. The van der Waals surface area contributed by atoms with E-state index in [9.17, 15) is 9.59 Å². The molecule has 4 nitrogen and oxygen atoms in total. The van der Waals surface area contributed by atoms with Crippen molar-refractivity contribution in [1.82, 2.24) is 4.90 Å². The molecule has 1 aliphatic heterocycles. The summed E-state index contributed by atoms with van der Waals surface area (Å²) in [6.45, 7) is 4.30. The fourth-order valence-corrected chi connectivity index (χ4v) is 5.05. The average molecular weight is 409 g/mol. The zero-order chi connectivity index (χ0) is 21.5. The first kappa shape index (κ1) is 19.3. The van der Waals surface area contributed by atoms with Gasteiger partial charge in [0, 0.05) is 23.6 Å². The highest BCUT2D eigenvalue weighted by Crippen LogP contribution is 2.54. The number of hydrogen-bond donors (Lipinski definition) is 0. The van der Waals surface area contributed by atoms with E-state index in [-0.39, 0.29) is 29.6 Å². The van der Waals surface area contributed by atoms with Crippen LogP contribution in [-0.2, 0) is 4.79 Å². The number of rotatable bonds is 4. The van der Waals surface area contributed by atoms with Crippen LogP contribution >= 0.6 is 0 Å². The number of Topliss-reactive ketones (excluding diaryl/α,β-unsaturated/α-hetero) is 1. The van der Waals surface area contributed by atoms with Crippen molar-refractivity contribution in [2.24, 2.45) is 5.92 Å². The highest BCUT2D eigenvalue weighted by Gasteiger charge is 2.53. The maximum absolute atomic E-state index is 13.9. The highest BCUT2D eigenvalue weighted by atomic mass is 16.5. The average Bonchev–Trinajstić information content (AvgIpc) is 3.11. The molecule has 1 aliphatic carbocycles. The lowest BCUT2D eigenvalue weighted by molar-refractivity contribution is -0.127. The molecular formula is C27H23NO3. The quantitative estimate of drug-likeness (QED) is 0.592. The lowest BCUT2D eigenvalue weighted by atomic mass is 9.72. The Hall–Kier alpha value is -3.66. The molecule has 5 rings (SSSR count). The van der Waals surface area contributed by atoms with Gasteiger partial charge < -0.3 is 9.64 Å². The van der Waals surface area contributed by atoms with E-state index >= 15 is 0 Å². The van der Waals surface area contributed by atoms with Crippen LogP contribution in [0.3, 0.4) is 0 Å². The number of carbonyl (C=O) groups excluding carboxylic acids is 2. The Bertz CT molecular complexity index is 1170. The van der Waals surface area contributed by atoms with Crippen LogP contribution in [0.4, 0.5) is 0 Å². The summed E-state index contributed by atoms with van der Waals surface area (Å²) in [5.41, 5.74) is 4.03. The second-order valence-corrected chi connectivity index (χ2v) is 8.10. The molecule has 1 heterocycles. The zero-order valence-electron chi connectivity index (χ0n) is 17.3. The molecule has 3 atom stereocenters. The summed E-state index contributed by atoms with van der Waals surface area (Å²) in [5, 5.41) is 0. The number of carbonyl (C=O) groups is 2. The van der Waals surface area contributed by atoms with Crippen molar-refractivity contribution in [2.45, 2.75) is 18.4 Å². The zero-order valence-corrected chi connectivity index (χ0v) is 17.3. The van der Waals surface area contributed by atoms with Crippen molar-refractivity contribution in [1.29, 1.82) is 0 Å². The molecule has 0 spiro atoms. The van der Waals surface area contributed by atoms with Crippen LogP contribution < -0.4 is 4.74 Å². The van der Waals surface area contributed by atoms with Crippen LogP contribution in [-0.4, -0.2) is 23.7 Å². The number of fused-ring (bicyclic) bond motifs is 3. The van der Waals surface area contributed by atoms with Crippen molar-refractivity contribution in [3.05, 3.63) is 108 Å². The van der Waals surface area contributed by atoms with E-state index in [0.29, 0.717) is 17.7 Å². The summed E-state index contributed by atoms with van der Waals surface area (Å²) < 4.78 is 5.31. The normalized spacial score (nSPS) is 22.1. The predicted molar refractivity (Wildman–Crippen MR) is 120 cm³/mol. The highest BCUT2D eigenvalue weighted by molar-refractivity contribution is 6.05. The first-order valence-corrected chi connectivity index (χ1v) is 10.4. The molecule has 31 heavy (non-hydrogen) atoms. The molecule has 0 unspecified atom stereocenters. The maximum atomic E-state index is 13.9.